The molecule has 0 unspecified atom stereocenters. The Labute approximate surface area is 106 Å². The summed E-state index contributed by atoms with van der Waals surface area (Å²) in [5.41, 5.74) is 4.98. The number of hydrogen-bond acceptors (Lipinski definition) is 5. The van der Waals surface area contributed by atoms with E-state index >= 15 is 0 Å². The number of halogens is 1. The Morgan fingerprint density at radius 1 is 1.06 bits per heavy atom. The van der Waals surface area contributed by atoms with E-state index in [-0.39, 0.29) is 11.9 Å². The zero-order valence-corrected chi connectivity index (χ0v) is 12.0. The molecule has 0 radical (unpaired) electrons. The molecule has 0 aromatic rings. The second-order valence-electron chi connectivity index (χ2n) is 2.33. The standard InChI is InChI=1S/2C4H8O2.C2H6BrN/c2*1-3-6-4(2)5;3-1-2-4/h2*3H2,1-2H3;1-2,4H2. The Morgan fingerprint density at radius 2 is 1.31 bits per heavy atom. The Kier molecular flexibility index (Phi) is 25.8. The lowest BCUT2D eigenvalue weighted by Crippen LogP contribution is -1.97. The van der Waals surface area contributed by atoms with Crippen LogP contribution in [0.4, 0.5) is 0 Å². The summed E-state index contributed by atoms with van der Waals surface area (Å²) in [5.74, 6) is -0.421. The fraction of sp³-hybridized carbons (Fsp3) is 0.800. The van der Waals surface area contributed by atoms with E-state index in [1.165, 1.54) is 13.8 Å². The maximum absolute atomic E-state index is 9.82. The summed E-state index contributed by atoms with van der Waals surface area (Å²) < 4.78 is 8.81. The van der Waals surface area contributed by atoms with E-state index in [1.807, 2.05) is 0 Å². The van der Waals surface area contributed by atoms with Gasteiger partial charge in [-0.15, -0.1) is 0 Å². The van der Waals surface area contributed by atoms with Crippen molar-refractivity contribution in [1.29, 1.82) is 0 Å². The van der Waals surface area contributed by atoms with E-state index in [2.05, 4.69) is 25.4 Å². The summed E-state index contributed by atoms with van der Waals surface area (Å²) in [6.45, 7) is 8.04. The van der Waals surface area contributed by atoms with Crippen LogP contribution in [0.25, 0.3) is 0 Å². The van der Waals surface area contributed by atoms with E-state index in [4.69, 9.17) is 5.73 Å². The highest BCUT2D eigenvalue weighted by Crippen LogP contribution is 1.70. The van der Waals surface area contributed by atoms with Gasteiger partial charge in [0.1, 0.15) is 0 Å². The molecule has 16 heavy (non-hydrogen) atoms. The highest BCUT2D eigenvalue weighted by molar-refractivity contribution is 9.09. The summed E-state index contributed by atoms with van der Waals surface area (Å²) in [7, 11) is 0. The molecule has 0 saturated heterocycles. The highest BCUT2D eigenvalue weighted by Gasteiger charge is 1.82. The minimum absolute atomic E-state index is 0.211. The first kappa shape index (κ1) is 20.8. The molecule has 0 spiro atoms. The fourth-order valence-electron chi connectivity index (χ4n) is 0.407. The number of carbonyl (C=O) groups is 2. The number of alkyl halides is 1. The number of hydrogen-bond donors (Lipinski definition) is 1. The molecule has 0 aromatic carbocycles. The first-order valence-electron chi connectivity index (χ1n) is 4.98. The van der Waals surface area contributed by atoms with Gasteiger partial charge in [-0.05, 0) is 13.8 Å². The zero-order chi connectivity index (χ0) is 13.4. The summed E-state index contributed by atoms with van der Waals surface area (Å²) in [6, 6.07) is 0. The molecular weight excluding hydrogens is 278 g/mol. The minimum Gasteiger partial charge on any atom is -0.466 e. The van der Waals surface area contributed by atoms with Crippen LogP contribution in [-0.2, 0) is 19.1 Å². The van der Waals surface area contributed by atoms with Crippen LogP contribution in [0.5, 0.6) is 0 Å². The van der Waals surface area contributed by atoms with Crippen molar-refractivity contribution in [3.8, 4) is 0 Å². The van der Waals surface area contributed by atoms with E-state index in [9.17, 15) is 9.59 Å². The lowest BCUT2D eigenvalue weighted by Gasteiger charge is -1.89. The molecule has 0 aliphatic rings. The summed E-state index contributed by atoms with van der Waals surface area (Å²) >= 11 is 3.12. The summed E-state index contributed by atoms with van der Waals surface area (Å²) in [5, 5.41) is 0.910. The van der Waals surface area contributed by atoms with Crippen LogP contribution >= 0.6 is 15.9 Å². The third-order valence-corrected chi connectivity index (χ3v) is 1.26. The van der Waals surface area contributed by atoms with Crippen LogP contribution in [0.15, 0.2) is 0 Å². The Hall–Kier alpha value is -0.620. The van der Waals surface area contributed by atoms with Crippen LogP contribution in [0.2, 0.25) is 0 Å². The highest BCUT2D eigenvalue weighted by atomic mass is 79.9. The Morgan fingerprint density at radius 3 is 1.31 bits per heavy atom. The van der Waals surface area contributed by atoms with Gasteiger partial charge < -0.3 is 15.2 Å². The number of esters is 2. The van der Waals surface area contributed by atoms with Gasteiger partial charge >= 0.3 is 11.9 Å². The predicted molar refractivity (Wildman–Crippen MR) is 67.5 cm³/mol. The molecule has 0 saturated carbocycles. The normalized spacial score (nSPS) is 7.62. The SMILES string of the molecule is CCOC(C)=O.CCOC(C)=O.NCCBr. The third-order valence-electron chi connectivity index (χ3n) is 0.804. The van der Waals surface area contributed by atoms with E-state index in [0.717, 1.165) is 11.9 Å². The Balaban J connectivity index is -0.000000162. The molecule has 0 fully saturated rings. The number of nitrogens with two attached hydrogens (primary N) is 1. The Bertz CT molecular complexity index is 147. The number of ether oxygens (including phenoxy) is 2. The molecule has 98 valence electrons. The van der Waals surface area contributed by atoms with Gasteiger partial charge in [0, 0.05) is 25.7 Å². The third kappa shape index (κ3) is 50.4. The van der Waals surface area contributed by atoms with Gasteiger partial charge in [0.05, 0.1) is 13.2 Å². The molecule has 0 amide bonds. The predicted octanol–water partition coefficient (Wildman–Crippen LogP) is 1.48. The molecule has 2 N–H and O–H groups in total. The monoisotopic (exact) mass is 299 g/mol. The topological polar surface area (TPSA) is 78.6 Å². The first-order chi connectivity index (χ1) is 7.45. The lowest BCUT2D eigenvalue weighted by molar-refractivity contribution is -0.141. The first-order valence-corrected chi connectivity index (χ1v) is 6.11. The van der Waals surface area contributed by atoms with Crippen molar-refractivity contribution >= 4 is 27.9 Å². The average Bonchev–Trinajstić information content (AvgIpc) is 2.18. The maximum Gasteiger partial charge on any atom is 0.302 e. The van der Waals surface area contributed by atoms with Crippen molar-refractivity contribution in [2.75, 3.05) is 25.1 Å². The van der Waals surface area contributed by atoms with Gasteiger partial charge in [-0.1, -0.05) is 15.9 Å². The largest absolute Gasteiger partial charge is 0.466 e. The van der Waals surface area contributed by atoms with Gasteiger partial charge in [0.25, 0.3) is 0 Å². The van der Waals surface area contributed by atoms with E-state index in [0.29, 0.717) is 13.2 Å². The summed E-state index contributed by atoms with van der Waals surface area (Å²) in [6.07, 6.45) is 0. The van der Waals surface area contributed by atoms with Crippen molar-refractivity contribution in [2.24, 2.45) is 5.73 Å². The molecule has 5 nitrogen and oxygen atoms in total. The van der Waals surface area contributed by atoms with Gasteiger partial charge in [0.15, 0.2) is 0 Å². The minimum atomic E-state index is -0.211. The molecule has 6 heteroatoms. The fourth-order valence-corrected chi connectivity index (χ4v) is 0.407. The molecule has 0 heterocycles. The second kappa shape index (κ2) is 19.9. The summed E-state index contributed by atoms with van der Waals surface area (Å²) in [4.78, 5) is 19.6. The maximum atomic E-state index is 9.82. The molecule has 0 atom stereocenters. The quantitative estimate of drug-likeness (QED) is 0.631. The van der Waals surface area contributed by atoms with E-state index < -0.39 is 0 Å². The smallest absolute Gasteiger partial charge is 0.302 e. The van der Waals surface area contributed by atoms with E-state index in [1.54, 1.807) is 13.8 Å². The van der Waals surface area contributed by atoms with Gasteiger partial charge in [-0.2, -0.15) is 0 Å². The van der Waals surface area contributed by atoms with Crippen molar-refractivity contribution < 1.29 is 19.1 Å². The van der Waals surface area contributed by atoms with Gasteiger partial charge in [0.2, 0.25) is 0 Å². The second-order valence-corrected chi connectivity index (χ2v) is 3.12. The molecule has 0 rings (SSSR count). The van der Waals surface area contributed by atoms with Crippen molar-refractivity contribution in [2.45, 2.75) is 27.7 Å². The average molecular weight is 300 g/mol. The van der Waals surface area contributed by atoms with Crippen LogP contribution in [0.3, 0.4) is 0 Å². The molecule has 0 aliphatic heterocycles. The molecule has 0 aromatic heterocycles. The van der Waals surface area contributed by atoms with Gasteiger partial charge in [-0.3, -0.25) is 9.59 Å². The zero-order valence-electron chi connectivity index (χ0n) is 10.4. The van der Waals surface area contributed by atoms with Crippen molar-refractivity contribution in [3.05, 3.63) is 0 Å². The van der Waals surface area contributed by atoms with Crippen LogP contribution in [0, 0.1) is 0 Å². The van der Waals surface area contributed by atoms with Crippen LogP contribution in [-0.4, -0.2) is 37.0 Å². The van der Waals surface area contributed by atoms with Crippen LogP contribution < -0.4 is 5.73 Å². The van der Waals surface area contributed by atoms with Crippen LogP contribution in [0.1, 0.15) is 27.7 Å². The molecular formula is C10H22BrNO4. The van der Waals surface area contributed by atoms with Crippen molar-refractivity contribution in [3.63, 3.8) is 0 Å². The molecule has 0 aliphatic carbocycles. The van der Waals surface area contributed by atoms with Crippen molar-refractivity contribution in [1.82, 2.24) is 0 Å². The molecule has 0 bridgehead atoms. The van der Waals surface area contributed by atoms with Gasteiger partial charge in [-0.25, -0.2) is 0 Å². The number of carbonyl (C=O) groups excluding carboxylic acids is 2. The number of rotatable bonds is 3. The lowest BCUT2D eigenvalue weighted by atomic mass is 10.8.